The summed E-state index contributed by atoms with van der Waals surface area (Å²) in [4.78, 5) is 16.5. The summed E-state index contributed by atoms with van der Waals surface area (Å²) in [5.74, 6) is -0.353. The Hall–Kier alpha value is -2.54. The minimum absolute atomic E-state index is 0.124. The number of hydrogen-bond acceptors (Lipinski definition) is 3. The van der Waals surface area contributed by atoms with Gasteiger partial charge in [0.05, 0.1) is 11.1 Å². The fourth-order valence-electron chi connectivity index (χ4n) is 2.70. The molecule has 1 aromatic carbocycles. The van der Waals surface area contributed by atoms with Gasteiger partial charge in [-0.15, -0.1) is 0 Å². The maximum absolute atomic E-state index is 13.3. The lowest BCUT2D eigenvalue weighted by Gasteiger charge is -2.07. The van der Waals surface area contributed by atoms with Crippen LogP contribution in [0.5, 0.6) is 0 Å². The second-order valence-electron chi connectivity index (χ2n) is 5.65. The normalized spacial score (nSPS) is 11.3. The van der Waals surface area contributed by atoms with Gasteiger partial charge in [-0.05, 0) is 38.1 Å². The summed E-state index contributed by atoms with van der Waals surface area (Å²) < 4.78 is 27.9. The van der Waals surface area contributed by atoms with Gasteiger partial charge >= 0.3 is 0 Å². The largest absolute Gasteiger partial charge is 0.324 e. The summed E-state index contributed by atoms with van der Waals surface area (Å²) in [6.07, 6.45) is -2.64. The van der Waals surface area contributed by atoms with Crippen LogP contribution in [-0.2, 0) is 11.3 Å². The molecule has 0 saturated heterocycles. The molecule has 1 amide bonds. The summed E-state index contributed by atoms with van der Waals surface area (Å²) in [5.41, 5.74) is 1.55. The summed E-state index contributed by atoms with van der Waals surface area (Å²) in [7, 11) is 0. The van der Waals surface area contributed by atoms with Gasteiger partial charge in [0.25, 0.3) is 6.43 Å². The number of carbonyl (C=O) groups excluding carboxylic acids is 1. The highest BCUT2D eigenvalue weighted by Crippen LogP contribution is 2.29. The van der Waals surface area contributed by atoms with E-state index in [9.17, 15) is 13.6 Å². The van der Waals surface area contributed by atoms with Gasteiger partial charge in [0.2, 0.25) is 5.91 Å². The summed E-state index contributed by atoms with van der Waals surface area (Å²) in [6, 6.07) is 8.07. The average Bonchev–Trinajstić information content (AvgIpc) is 2.82. The third kappa shape index (κ3) is 3.61. The molecule has 0 fully saturated rings. The number of fused-ring (bicyclic) bond motifs is 1. The van der Waals surface area contributed by atoms with E-state index in [0.717, 1.165) is 0 Å². The molecule has 3 rings (SSSR count). The SMILES string of the molecule is Cc1cc(C(F)F)c2c(C)nn(CC(=O)Nc3cccc(Cl)c3)c2n1. The van der Waals surface area contributed by atoms with Crippen molar-refractivity contribution in [3.05, 3.63) is 52.3 Å². The Kier molecular flexibility index (Phi) is 4.67. The zero-order valence-corrected chi connectivity index (χ0v) is 14.3. The highest BCUT2D eigenvalue weighted by Gasteiger charge is 2.20. The average molecular weight is 365 g/mol. The molecule has 0 aliphatic heterocycles. The molecule has 8 heteroatoms. The monoisotopic (exact) mass is 364 g/mol. The van der Waals surface area contributed by atoms with Crippen molar-refractivity contribution >= 4 is 34.2 Å². The van der Waals surface area contributed by atoms with Crippen LogP contribution in [-0.4, -0.2) is 20.7 Å². The fraction of sp³-hybridized carbons (Fsp3) is 0.235. The van der Waals surface area contributed by atoms with E-state index >= 15 is 0 Å². The predicted molar refractivity (Wildman–Crippen MR) is 92.0 cm³/mol. The molecule has 0 saturated carbocycles. The lowest BCUT2D eigenvalue weighted by molar-refractivity contribution is -0.116. The molecule has 0 radical (unpaired) electrons. The molecule has 0 aliphatic carbocycles. The number of amides is 1. The van der Waals surface area contributed by atoms with Crippen LogP contribution in [0.1, 0.15) is 23.4 Å². The van der Waals surface area contributed by atoms with Crippen LogP contribution >= 0.6 is 11.6 Å². The van der Waals surface area contributed by atoms with Gasteiger partial charge in [0, 0.05) is 22.0 Å². The quantitative estimate of drug-likeness (QED) is 0.751. The van der Waals surface area contributed by atoms with Crippen molar-refractivity contribution in [1.82, 2.24) is 14.8 Å². The Morgan fingerprint density at radius 2 is 2.08 bits per heavy atom. The van der Waals surface area contributed by atoms with Crippen LogP contribution in [0.4, 0.5) is 14.5 Å². The molecule has 25 heavy (non-hydrogen) atoms. The number of aryl methyl sites for hydroxylation is 2. The minimum atomic E-state index is -2.64. The van der Waals surface area contributed by atoms with Crippen LogP contribution in [0, 0.1) is 13.8 Å². The van der Waals surface area contributed by atoms with Gasteiger partial charge in [-0.1, -0.05) is 17.7 Å². The molecule has 2 aromatic heterocycles. The first kappa shape index (κ1) is 17.3. The summed E-state index contributed by atoms with van der Waals surface area (Å²) in [5, 5.41) is 7.69. The van der Waals surface area contributed by atoms with E-state index in [2.05, 4.69) is 15.4 Å². The molecular weight excluding hydrogens is 350 g/mol. The highest BCUT2D eigenvalue weighted by molar-refractivity contribution is 6.30. The van der Waals surface area contributed by atoms with Crippen molar-refractivity contribution in [2.45, 2.75) is 26.8 Å². The number of rotatable bonds is 4. The van der Waals surface area contributed by atoms with Crippen molar-refractivity contribution < 1.29 is 13.6 Å². The number of benzene rings is 1. The Balaban J connectivity index is 1.92. The molecule has 3 aromatic rings. The van der Waals surface area contributed by atoms with E-state index in [-0.39, 0.29) is 29.0 Å². The first-order chi connectivity index (χ1) is 11.8. The molecule has 0 bridgehead atoms. The van der Waals surface area contributed by atoms with Crippen LogP contribution in [0.25, 0.3) is 11.0 Å². The second-order valence-corrected chi connectivity index (χ2v) is 6.09. The van der Waals surface area contributed by atoms with Crippen molar-refractivity contribution in [3.8, 4) is 0 Å². The molecule has 0 unspecified atom stereocenters. The molecule has 0 atom stereocenters. The molecule has 130 valence electrons. The van der Waals surface area contributed by atoms with E-state index in [1.807, 2.05) is 0 Å². The van der Waals surface area contributed by atoms with E-state index < -0.39 is 6.43 Å². The number of anilines is 1. The first-order valence-corrected chi connectivity index (χ1v) is 7.91. The topological polar surface area (TPSA) is 59.8 Å². The number of nitrogens with one attached hydrogen (secondary N) is 1. The van der Waals surface area contributed by atoms with Crippen LogP contribution in [0.15, 0.2) is 30.3 Å². The number of carbonyl (C=O) groups is 1. The smallest absolute Gasteiger partial charge is 0.264 e. The van der Waals surface area contributed by atoms with E-state index in [1.165, 1.54) is 10.7 Å². The number of halogens is 3. The van der Waals surface area contributed by atoms with E-state index in [0.29, 0.717) is 22.1 Å². The minimum Gasteiger partial charge on any atom is -0.324 e. The maximum Gasteiger partial charge on any atom is 0.264 e. The fourth-order valence-corrected chi connectivity index (χ4v) is 2.89. The summed E-state index contributed by atoms with van der Waals surface area (Å²) in [6.45, 7) is 3.11. The van der Waals surface area contributed by atoms with Gasteiger partial charge in [-0.2, -0.15) is 5.10 Å². The van der Waals surface area contributed by atoms with E-state index in [1.54, 1.807) is 38.1 Å². The molecule has 0 spiro atoms. The molecule has 1 N–H and O–H groups in total. The van der Waals surface area contributed by atoms with Crippen LogP contribution in [0.2, 0.25) is 5.02 Å². The number of alkyl halides is 2. The Labute approximate surface area is 147 Å². The lowest BCUT2D eigenvalue weighted by Crippen LogP contribution is -2.19. The molecule has 0 aliphatic rings. The standard InChI is InChI=1S/C17H15ClF2N4O/c1-9-6-13(16(19)20)15-10(2)23-24(17(15)21-9)8-14(25)22-12-5-3-4-11(18)7-12/h3-7,16H,8H2,1-2H3,(H,22,25). The van der Waals surface area contributed by atoms with Crippen molar-refractivity contribution in [2.75, 3.05) is 5.32 Å². The zero-order valence-electron chi connectivity index (χ0n) is 13.6. The van der Waals surface area contributed by atoms with Gasteiger partial charge in [0.1, 0.15) is 6.54 Å². The van der Waals surface area contributed by atoms with Gasteiger partial charge in [-0.25, -0.2) is 18.4 Å². The first-order valence-electron chi connectivity index (χ1n) is 7.53. The van der Waals surface area contributed by atoms with Gasteiger partial charge in [0.15, 0.2) is 5.65 Å². The Morgan fingerprint density at radius 3 is 2.76 bits per heavy atom. The van der Waals surface area contributed by atoms with Crippen molar-refractivity contribution in [1.29, 1.82) is 0 Å². The molecule has 5 nitrogen and oxygen atoms in total. The Bertz CT molecular complexity index is 955. The van der Waals surface area contributed by atoms with E-state index in [4.69, 9.17) is 11.6 Å². The van der Waals surface area contributed by atoms with Crippen LogP contribution < -0.4 is 5.32 Å². The third-order valence-corrected chi connectivity index (χ3v) is 3.91. The third-order valence-electron chi connectivity index (χ3n) is 3.67. The van der Waals surface area contributed by atoms with Crippen LogP contribution in [0.3, 0.4) is 0 Å². The molecule has 2 heterocycles. The number of nitrogens with zero attached hydrogens (tertiary/aromatic N) is 3. The zero-order chi connectivity index (χ0) is 18.1. The van der Waals surface area contributed by atoms with Gasteiger partial charge in [-0.3, -0.25) is 4.79 Å². The maximum atomic E-state index is 13.3. The Morgan fingerprint density at radius 1 is 1.32 bits per heavy atom. The number of aromatic nitrogens is 3. The number of hydrogen-bond donors (Lipinski definition) is 1. The second kappa shape index (κ2) is 6.76. The summed E-state index contributed by atoms with van der Waals surface area (Å²) >= 11 is 5.88. The van der Waals surface area contributed by atoms with Crippen molar-refractivity contribution in [3.63, 3.8) is 0 Å². The number of pyridine rings is 1. The highest BCUT2D eigenvalue weighted by atomic mass is 35.5. The lowest BCUT2D eigenvalue weighted by atomic mass is 10.1. The van der Waals surface area contributed by atoms with Crippen molar-refractivity contribution in [2.24, 2.45) is 0 Å². The molecular formula is C17H15ClF2N4O. The van der Waals surface area contributed by atoms with Gasteiger partial charge < -0.3 is 5.32 Å². The predicted octanol–water partition coefficient (Wildman–Crippen LogP) is 4.28.